The minimum absolute atomic E-state index is 0.0728. The van der Waals surface area contributed by atoms with Crippen LogP contribution in [0, 0.1) is 11.3 Å². The number of fused-ring (bicyclic) bond motifs is 1. The number of hydrogen-bond donors (Lipinski definition) is 3. The summed E-state index contributed by atoms with van der Waals surface area (Å²) in [4.78, 5) is 23.9. The predicted molar refractivity (Wildman–Crippen MR) is 80.8 cm³/mol. The van der Waals surface area contributed by atoms with Crippen molar-refractivity contribution < 1.29 is 19.7 Å². The van der Waals surface area contributed by atoms with Gasteiger partial charge in [-0.05, 0) is 13.8 Å². The maximum atomic E-state index is 11.5. The summed E-state index contributed by atoms with van der Waals surface area (Å²) < 4.78 is 6.87. The van der Waals surface area contributed by atoms with E-state index < -0.39 is 30.3 Å². The molecule has 3 rings (SSSR count). The van der Waals surface area contributed by atoms with Crippen molar-refractivity contribution in [2.75, 3.05) is 11.9 Å². The molecule has 3 N–H and O–H groups in total. The molecule has 0 unspecified atom stereocenters. The monoisotopic (exact) mass is 332 g/mol. The van der Waals surface area contributed by atoms with Gasteiger partial charge in [0.05, 0.1) is 6.33 Å². The Morgan fingerprint density at radius 2 is 2.21 bits per heavy atom. The van der Waals surface area contributed by atoms with Gasteiger partial charge >= 0.3 is 0 Å². The third-order valence-electron chi connectivity index (χ3n) is 3.78. The molecule has 0 amide bonds. The van der Waals surface area contributed by atoms with Crippen LogP contribution in [-0.4, -0.2) is 60.4 Å². The van der Waals surface area contributed by atoms with Crippen LogP contribution in [0.4, 0.5) is 5.82 Å². The van der Waals surface area contributed by atoms with Crippen LogP contribution in [0.15, 0.2) is 6.33 Å². The second-order valence-corrected chi connectivity index (χ2v) is 5.40. The summed E-state index contributed by atoms with van der Waals surface area (Å²) in [5.41, 5.74) is 0.658. The molecule has 126 valence electrons. The SMILES string of the molecule is CCNc1nc(C#N)nc2c1ncn2[C@@H]1O[C@H](C(C)=O)[C@@H](O)[C@H]1O. The number of hydrogen-bond acceptors (Lipinski definition) is 9. The van der Waals surface area contributed by atoms with E-state index in [9.17, 15) is 15.0 Å². The highest BCUT2D eigenvalue weighted by atomic mass is 16.6. The van der Waals surface area contributed by atoms with Gasteiger partial charge in [0, 0.05) is 6.54 Å². The van der Waals surface area contributed by atoms with Crippen molar-refractivity contribution in [3.05, 3.63) is 12.2 Å². The molecule has 0 aliphatic carbocycles. The zero-order valence-electron chi connectivity index (χ0n) is 13.0. The maximum absolute atomic E-state index is 11.5. The lowest BCUT2D eigenvalue weighted by Crippen LogP contribution is -2.34. The van der Waals surface area contributed by atoms with Crippen LogP contribution >= 0.6 is 0 Å². The average Bonchev–Trinajstić information content (AvgIpc) is 3.10. The van der Waals surface area contributed by atoms with Crippen LogP contribution < -0.4 is 5.32 Å². The second kappa shape index (κ2) is 6.12. The number of rotatable bonds is 4. The lowest BCUT2D eigenvalue weighted by molar-refractivity contribution is -0.133. The molecule has 1 aliphatic heterocycles. The van der Waals surface area contributed by atoms with E-state index in [1.807, 2.05) is 13.0 Å². The van der Waals surface area contributed by atoms with E-state index in [1.165, 1.54) is 17.8 Å². The summed E-state index contributed by atoms with van der Waals surface area (Å²) in [5, 5.41) is 32.3. The van der Waals surface area contributed by atoms with Gasteiger partial charge in [-0.15, -0.1) is 0 Å². The minimum Gasteiger partial charge on any atom is -0.387 e. The molecule has 0 spiro atoms. The second-order valence-electron chi connectivity index (χ2n) is 5.40. The summed E-state index contributed by atoms with van der Waals surface area (Å²) in [6.07, 6.45) is -3.50. The number of anilines is 1. The lowest BCUT2D eigenvalue weighted by atomic mass is 10.1. The van der Waals surface area contributed by atoms with Gasteiger partial charge in [0.15, 0.2) is 29.0 Å². The molecule has 0 saturated carbocycles. The van der Waals surface area contributed by atoms with E-state index >= 15 is 0 Å². The molecule has 0 bridgehead atoms. The summed E-state index contributed by atoms with van der Waals surface area (Å²) in [6.45, 7) is 3.71. The fourth-order valence-electron chi connectivity index (χ4n) is 2.67. The molecule has 1 fully saturated rings. The first-order chi connectivity index (χ1) is 11.5. The summed E-state index contributed by atoms with van der Waals surface area (Å²) >= 11 is 0. The van der Waals surface area contributed by atoms with E-state index in [0.717, 1.165) is 0 Å². The molecule has 0 aromatic carbocycles. The van der Waals surface area contributed by atoms with E-state index in [4.69, 9.17) is 10.00 Å². The number of carbonyl (C=O) groups is 1. The first-order valence-electron chi connectivity index (χ1n) is 7.38. The van der Waals surface area contributed by atoms with Crippen molar-refractivity contribution in [1.82, 2.24) is 19.5 Å². The van der Waals surface area contributed by atoms with Crippen molar-refractivity contribution in [2.45, 2.75) is 38.4 Å². The van der Waals surface area contributed by atoms with E-state index in [0.29, 0.717) is 17.9 Å². The summed E-state index contributed by atoms with van der Waals surface area (Å²) in [5.74, 6) is -0.0838. The molecule has 10 heteroatoms. The standard InChI is InChI=1S/C14H16N6O4/c1-3-16-12-8-13(19-7(4-15)18-12)20(5-17-8)14-10(23)9(22)11(24-14)6(2)21/h5,9-11,14,22-23H,3H2,1-2H3,(H,16,18,19)/t9-,10+,11+,14+/m0/s1. The Labute approximate surface area is 136 Å². The highest BCUT2D eigenvalue weighted by Gasteiger charge is 2.46. The quantitative estimate of drug-likeness (QED) is 0.663. The van der Waals surface area contributed by atoms with Gasteiger partial charge in [-0.3, -0.25) is 9.36 Å². The largest absolute Gasteiger partial charge is 0.387 e. The van der Waals surface area contributed by atoms with Gasteiger partial charge in [0.25, 0.3) is 0 Å². The number of aliphatic hydroxyl groups is 2. The van der Waals surface area contributed by atoms with Crippen molar-refractivity contribution in [2.24, 2.45) is 0 Å². The van der Waals surface area contributed by atoms with Gasteiger partial charge in [-0.25, -0.2) is 4.98 Å². The first-order valence-corrected chi connectivity index (χ1v) is 7.38. The predicted octanol–water partition coefficient (Wildman–Crippen LogP) is -0.662. The summed E-state index contributed by atoms with van der Waals surface area (Å²) in [6, 6.07) is 1.86. The normalized spacial score (nSPS) is 26.5. The maximum Gasteiger partial charge on any atom is 0.236 e. The Balaban J connectivity index is 2.09. The molecular weight excluding hydrogens is 316 g/mol. The van der Waals surface area contributed by atoms with E-state index in [-0.39, 0.29) is 11.5 Å². The van der Waals surface area contributed by atoms with Crippen molar-refractivity contribution in [3.63, 3.8) is 0 Å². The van der Waals surface area contributed by atoms with Crippen LogP contribution in [-0.2, 0) is 9.53 Å². The third-order valence-corrected chi connectivity index (χ3v) is 3.78. The molecule has 2 aromatic heterocycles. The molecule has 24 heavy (non-hydrogen) atoms. The zero-order valence-corrected chi connectivity index (χ0v) is 13.0. The van der Waals surface area contributed by atoms with Crippen LogP contribution in [0.25, 0.3) is 11.2 Å². The Hall–Kier alpha value is -2.61. The Bertz CT molecular complexity index is 829. The van der Waals surface area contributed by atoms with Gasteiger partial charge in [-0.1, -0.05) is 0 Å². The number of aliphatic hydroxyl groups excluding tert-OH is 2. The highest BCUT2D eigenvalue weighted by molar-refractivity contribution is 5.84. The first kappa shape index (κ1) is 16.3. The fourth-order valence-corrected chi connectivity index (χ4v) is 2.67. The molecule has 3 heterocycles. The number of aromatic nitrogens is 4. The van der Waals surface area contributed by atoms with Crippen molar-refractivity contribution in [3.8, 4) is 6.07 Å². The van der Waals surface area contributed by atoms with Crippen LogP contribution in [0.1, 0.15) is 25.9 Å². The molecule has 1 aliphatic rings. The van der Waals surface area contributed by atoms with Crippen LogP contribution in [0.5, 0.6) is 0 Å². The van der Waals surface area contributed by atoms with E-state index in [1.54, 1.807) is 0 Å². The minimum atomic E-state index is -1.35. The van der Waals surface area contributed by atoms with Gasteiger partial charge in [0.1, 0.15) is 24.4 Å². The lowest BCUT2D eigenvalue weighted by Gasteiger charge is -2.16. The van der Waals surface area contributed by atoms with Gasteiger partial charge < -0.3 is 20.3 Å². The number of nitrogens with zero attached hydrogens (tertiary/aromatic N) is 5. The van der Waals surface area contributed by atoms with Crippen LogP contribution in [0.3, 0.4) is 0 Å². The average molecular weight is 332 g/mol. The number of imidazole rings is 1. The number of carbonyl (C=O) groups excluding carboxylic acids is 1. The molecule has 0 radical (unpaired) electrons. The third kappa shape index (κ3) is 2.48. The molecule has 10 nitrogen and oxygen atoms in total. The van der Waals surface area contributed by atoms with Crippen molar-refractivity contribution in [1.29, 1.82) is 5.26 Å². The molecule has 2 aromatic rings. The number of nitrogens with one attached hydrogen (secondary N) is 1. The van der Waals surface area contributed by atoms with Crippen molar-refractivity contribution >= 4 is 22.8 Å². The Morgan fingerprint density at radius 3 is 2.79 bits per heavy atom. The van der Waals surface area contributed by atoms with Crippen LogP contribution in [0.2, 0.25) is 0 Å². The molecule has 1 saturated heterocycles. The molecular formula is C14H16N6O4. The topological polar surface area (TPSA) is 146 Å². The summed E-state index contributed by atoms with van der Waals surface area (Å²) in [7, 11) is 0. The zero-order chi connectivity index (χ0) is 17.4. The molecule has 4 atom stereocenters. The van der Waals surface area contributed by atoms with Gasteiger partial charge in [-0.2, -0.15) is 15.2 Å². The van der Waals surface area contributed by atoms with E-state index in [2.05, 4.69) is 20.3 Å². The highest BCUT2D eigenvalue weighted by Crippen LogP contribution is 2.32. The van der Waals surface area contributed by atoms with Gasteiger partial charge in [0.2, 0.25) is 5.82 Å². The number of Topliss-reactive ketones (excluding diaryl/α,β-unsaturated/α-hetero) is 1. The smallest absolute Gasteiger partial charge is 0.236 e. The fraction of sp³-hybridized carbons (Fsp3) is 0.500. The number of ether oxygens (including phenoxy) is 1. The Morgan fingerprint density at radius 1 is 1.46 bits per heavy atom. The number of nitriles is 1. The Kier molecular flexibility index (Phi) is 4.15. The number of ketones is 1.